The molecule has 2 unspecified atom stereocenters. The second-order valence-electron chi connectivity index (χ2n) is 5.40. The fourth-order valence-electron chi connectivity index (χ4n) is 2.84. The number of rotatable bonds is 4. The lowest BCUT2D eigenvalue weighted by Gasteiger charge is -2.19. The second-order valence-corrected chi connectivity index (χ2v) is 7.53. The van der Waals surface area contributed by atoms with Gasteiger partial charge >= 0.3 is 0 Å². The molecular formula is C15H23NO2S. The Kier molecular flexibility index (Phi) is 4.02. The third-order valence-corrected chi connectivity index (χ3v) is 6.42. The molecule has 0 spiro atoms. The van der Waals surface area contributed by atoms with E-state index < -0.39 is 9.84 Å². The molecule has 3 nitrogen and oxygen atoms in total. The van der Waals surface area contributed by atoms with Gasteiger partial charge in [0.15, 0.2) is 9.84 Å². The molecule has 106 valence electrons. The second kappa shape index (κ2) is 5.25. The first-order valence-corrected chi connectivity index (χ1v) is 8.56. The van der Waals surface area contributed by atoms with Crippen LogP contribution in [0.15, 0.2) is 17.0 Å². The predicted molar refractivity (Wildman–Crippen MR) is 78.2 cm³/mol. The zero-order chi connectivity index (χ0) is 14.2. The highest BCUT2D eigenvalue weighted by Gasteiger charge is 2.43. The number of benzene rings is 1. The highest BCUT2D eigenvalue weighted by Crippen LogP contribution is 2.41. The van der Waals surface area contributed by atoms with Crippen molar-refractivity contribution in [1.29, 1.82) is 0 Å². The molecule has 0 fully saturated rings. The van der Waals surface area contributed by atoms with Gasteiger partial charge in [0.05, 0.1) is 16.2 Å². The highest BCUT2D eigenvalue weighted by atomic mass is 32.2. The van der Waals surface area contributed by atoms with Gasteiger partial charge in [-0.3, -0.25) is 0 Å². The van der Waals surface area contributed by atoms with Crippen molar-refractivity contribution in [3.05, 3.63) is 28.8 Å². The van der Waals surface area contributed by atoms with Crippen molar-refractivity contribution in [3.8, 4) is 0 Å². The average Bonchev–Trinajstić information content (AvgIpc) is 2.55. The summed E-state index contributed by atoms with van der Waals surface area (Å²) < 4.78 is 25.2. The van der Waals surface area contributed by atoms with Gasteiger partial charge in [0.25, 0.3) is 0 Å². The van der Waals surface area contributed by atoms with Crippen LogP contribution in [0.4, 0.5) is 0 Å². The minimum atomic E-state index is -3.18. The lowest BCUT2D eigenvalue weighted by molar-refractivity contribution is 0.492. The summed E-state index contributed by atoms with van der Waals surface area (Å²) in [5, 5.41) is 3.09. The first-order chi connectivity index (χ1) is 8.93. The summed E-state index contributed by atoms with van der Waals surface area (Å²) in [4.78, 5) is 0.538. The molecule has 0 amide bonds. The Morgan fingerprint density at radius 3 is 2.37 bits per heavy atom. The minimum absolute atomic E-state index is 0.0516. The van der Waals surface area contributed by atoms with Crippen LogP contribution in [0, 0.1) is 13.8 Å². The van der Waals surface area contributed by atoms with Gasteiger partial charge in [0.1, 0.15) is 0 Å². The molecule has 1 aliphatic rings. The summed E-state index contributed by atoms with van der Waals surface area (Å²) in [5.41, 5.74) is 3.17. The standard InChI is InChI=1S/C15H23NO2S/c1-5-7-16-15-12-8-10(3)11(4)9-14(12)19(17,18)13(15)6-2/h8-9,13,15-16H,5-7H2,1-4H3. The largest absolute Gasteiger partial charge is 0.309 e. The Morgan fingerprint density at radius 2 is 1.79 bits per heavy atom. The molecule has 1 N–H and O–H groups in total. The van der Waals surface area contributed by atoms with Crippen molar-refractivity contribution in [3.63, 3.8) is 0 Å². The van der Waals surface area contributed by atoms with E-state index in [4.69, 9.17) is 0 Å². The maximum Gasteiger partial charge on any atom is 0.183 e. The number of nitrogens with one attached hydrogen (secondary N) is 1. The number of fused-ring (bicyclic) bond motifs is 1. The minimum Gasteiger partial charge on any atom is -0.309 e. The Morgan fingerprint density at radius 1 is 1.16 bits per heavy atom. The number of hydrogen-bond acceptors (Lipinski definition) is 3. The third-order valence-electron chi connectivity index (χ3n) is 4.05. The van der Waals surface area contributed by atoms with Gasteiger partial charge in [-0.1, -0.05) is 19.9 Å². The lowest BCUT2D eigenvalue weighted by Crippen LogP contribution is -2.31. The molecule has 2 atom stereocenters. The van der Waals surface area contributed by atoms with Crippen LogP contribution in [0.5, 0.6) is 0 Å². The molecule has 0 saturated carbocycles. The van der Waals surface area contributed by atoms with Crippen molar-refractivity contribution < 1.29 is 8.42 Å². The molecule has 2 rings (SSSR count). The van der Waals surface area contributed by atoms with Gasteiger partial charge < -0.3 is 5.32 Å². The first kappa shape index (κ1) is 14.5. The summed E-state index contributed by atoms with van der Waals surface area (Å²) in [6.45, 7) is 8.91. The SMILES string of the molecule is CCCNC1c2cc(C)c(C)cc2S(=O)(=O)C1CC. The van der Waals surface area contributed by atoms with Gasteiger partial charge in [-0.2, -0.15) is 0 Å². The molecule has 0 bridgehead atoms. The van der Waals surface area contributed by atoms with E-state index in [9.17, 15) is 8.42 Å². The van der Waals surface area contributed by atoms with Crippen LogP contribution >= 0.6 is 0 Å². The van der Waals surface area contributed by atoms with Crippen molar-refractivity contribution in [1.82, 2.24) is 5.32 Å². The average molecular weight is 281 g/mol. The maximum absolute atomic E-state index is 12.6. The highest BCUT2D eigenvalue weighted by molar-refractivity contribution is 7.92. The Bertz CT molecular complexity index is 578. The molecular weight excluding hydrogens is 258 g/mol. The summed E-state index contributed by atoms with van der Waals surface area (Å²) in [6.07, 6.45) is 1.66. The van der Waals surface area contributed by atoms with E-state index in [0.29, 0.717) is 11.3 Å². The first-order valence-electron chi connectivity index (χ1n) is 7.01. The van der Waals surface area contributed by atoms with Crippen LogP contribution in [-0.2, 0) is 9.84 Å². The molecule has 0 saturated heterocycles. The van der Waals surface area contributed by atoms with Crippen LogP contribution < -0.4 is 5.32 Å². The Hall–Kier alpha value is -0.870. The summed E-state index contributed by atoms with van der Waals surface area (Å²) in [7, 11) is -3.18. The molecule has 0 aromatic heterocycles. The molecule has 4 heteroatoms. The lowest BCUT2D eigenvalue weighted by atomic mass is 9.98. The number of aryl methyl sites for hydroxylation is 2. The van der Waals surface area contributed by atoms with Gasteiger partial charge in [0.2, 0.25) is 0 Å². The van der Waals surface area contributed by atoms with Crippen molar-refractivity contribution in [2.24, 2.45) is 0 Å². The predicted octanol–water partition coefficient (Wildman–Crippen LogP) is 2.91. The van der Waals surface area contributed by atoms with Gasteiger partial charge in [-0.25, -0.2) is 8.42 Å². The van der Waals surface area contributed by atoms with Crippen LogP contribution in [0.1, 0.15) is 49.4 Å². The zero-order valence-electron chi connectivity index (χ0n) is 12.2. The normalized spacial score (nSPS) is 24.4. The van der Waals surface area contributed by atoms with Crippen molar-refractivity contribution in [2.45, 2.75) is 56.7 Å². The zero-order valence-corrected chi connectivity index (χ0v) is 13.0. The van der Waals surface area contributed by atoms with E-state index in [-0.39, 0.29) is 11.3 Å². The van der Waals surface area contributed by atoms with E-state index in [1.807, 2.05) is 32.9 Å². The maximum atomic E-state index is 12.6. The smallest absolute Gasteiger partial charge is 0.183 e. The molecule has 1 aromatic rings. The number of hydrogen-bond donors (Lipinski definition) is 1. The Labute approximate surface area is 116 Å². The summed E-state index contributed by atoms with van der Waals surface area (Å²) in [6, 6.07) is 3.84. The van der Waals surface area contributed by atoms with Gasteiger partial charge in [-0.05, 0) is 56.0 Å². The molecule has 0 aliphatic carbocycles. The van der Waals surface area contributed by atoms with Gasteiger partial charge in [0, 0.05) is 0 Å². The van der Waals surface area contributed by atoms with E-state index in [1.54, 1.807) is 0 Å². The van der Waals surface area contributed by atoms with E-state index in [1.165, 1.54) is 0 Å². The quantitative estimate of drug-likeness (QED) is 0.923. The number of sulfone groups is 1. The van der Waals surface area contributed by atoms with E-state index in [2.05, 4.69) is 12.2 Å². The van der Waals surface area contributed by atoms with Crippen LogP contribution in [0.25, 0.3) is 0 Å². The summed E-state index contributed by atoms with van der Waals surface area (Å²) >= 11 is 0. The topological polar surface area (TPSA) is 46.2 Å². The summed E-state index contributed by atoms with van der Waals surface area (Å²) in [5.74, 6) is 0. The molecule has 0 radical (unpaired) electrons. The molecule has 19 heavy (non-hydrogen) atoms. The molecule has 1 heterocycles. The monoisotopic (exact) mass is 281 g/mol. The van der Waals surface area contributed by atoms with Crippen molar-refractivity contribution in [2.75, 3.05) is 6.54 Å². The fraction of sp³-hybridized carbons (Fsp3) is 0.600. The molecule has 1 aromatic carbocycles. The third kappa shape index (κ3) is 2.32. The van der Waals surface area contributed by atoms with Crippen LogP contribution in [0.2, 0.25) is 0 Å². The van der Waals surface area contributed by atoms with Crippen LogP contribution in [0.3, 0.4) is 0 Å². The fourth-order valence-corrected chi connectivity index (χ4v) is 5.06. The Balaban J connectivity index is 2.56. The van der Waals surface area contributed by atoms with E-state index in [0.717, 1.165) is 29.7 Å². The molecule has 1 aliphatic heterocycles. The van der Waals surface area contributed by atoms with Gasteiger partial charge in [-0.15, -0.1) is 0 Å². The van der Waals surface area contributed by atoms with Crippen molar-refractivity contribution >= 4 is 9.84 Å². The van der Waals surface area contributed by atoms with Crippen LogP contribution in [-0.4, -0.2) is 20.2 Å². The van der Waals surface area contributed by atoms with E-state index >= 15 is 0 Å².